The summed E-state index contributed by atoms with van der Waals surface area (Å²) in [6, 6.07) is 13.0. The van der Waals surface area contributed by atoms with Crippen molar-refractivity contribution in [2.75, 3.05) is 6.61 Å². The highest BCUT2D eigenvalue weighted by molar-refractivity contribution is 5.74. The number of halogens is 1. The molecule has 2 aromatic carbocycles. The third-order valence-electron chi connectivity index (χ3n) is 3.56. The number of rotatable bonds is 2. The van der Waals surface area contributed by atoms with Crippen molar-refractivity contribution in [3.8, 4) is 22.9 Å². The van der Waals surface area contributed by atoms with Gasteiger partial charge in [-0.05, 0) is 41.3 Å². The predicted octanol–water partition coefficient (Wildman–Crippen LogP) is 3.88. The monoisotopic (exact) mass is 267 g/mol. The van der Waals surface area contributed by atoms with Crippen LogP contribution in [-0.4, -0.2) is 6.61 Å². The van der Waals surface area contributed by atoms with Crippen molar-refractivity contribution in [2.24, 2.45) is 0 Å². The zero-order chi connectivity index (χ0) is 13.9. The van der Waals surface area contributed by atoms with Crippen molar-refractivity contribution >= 4 is 0 Å². The third kappa shape index (κ3) is 2.37. The molecule has 1 heterocycles. The van der Waals surface area contributed by atoms with Crippen LogP contribution in [0.15, 0.2) is 36.4 Å². The fourth-order valence-electron chi connectivity index (χ4n) is 2.57. The van der Waals surface area contributed by atoms with Crippen LogP contribution in [0.1, 0.15) is 17.5 Å². The summed E-state index contributed by atoms with van der Waals surface area (Å²) in [7, 11) is 0. The molecule has 1 aliphatic heterocycles. The first-order valence-corrected chi connectivity index (χ1v) is 6.69. The van der Waals surface area contributed by atoms with Gasteiger partial charge < -0.3 is 4.74 Å². The Balaban J connectivity index is 2.04. The van der Waals surface area contributed by atoms with Crippen LogP contribution in [-0.2, 0) is 12.8 Å². The summed E-state index contributed by atoms with van der Waals surface area (Å²) in [6.07, 6.45) is 1.93. The van der Waals surface area contributed by atoms with Gasteiger partial charge in [-0.2, -0.15) is 5.26 Å². The van der Waals surface area contributed by atoms with Crippen LogP contribution in [0, 0.1) is 17.1 Å². The van der Waals surface area contributed by atoms with Gasteiger partial charge in [-0.15, -0.1) is 0 Å². The van der Waals surface area contributed by atoms with Gasteiger partial charge in [0.2, 0.25) is 0 Å². The molecule has 2 aromatic rings. The van der Waals surface area contributed by atoms with Crippen LogP contribution in [0.5, 0.6) is 5.75 Å². The van der Waals surface area contributed by atoms with Crippen molar-refractivity contribution in [1.29, 1.82) is 5.26 Å². The van der Waals surface area contributed by atoms with E-state index in [1.807, 2.05) is 24.3 Å². The van der Waals surface area contributed by atoms with Crippen LogP contribution >= 0.6 is 0 Å². The second-order valence-corrected chi connectivity index (χ2v) is 4.89. The van der Waals surface area contributed by atoms with E-state index in [0.29, 0.717) is 19.4 Å². The van der Waals surface area contributed by atoms with Crippen LogP contribution < -0.4 is 4.74 Å². The zero-order valence-electron chi connectivity index (χ0n) is 11.0. The molecule has 20 heavy (non-hydrogen) atoms. The molecule has 3 rings (SSSR count). The SMILES string of the molecule is N#CCCc1ccc2c(c1)OCCc1cc(F)ccc1-2. The second kappa shape index (κ2) is 5.34. The van der Waals surface area contributed by atoms with E-state index in [2.05, 4.69) is 6.07 Å². The second-order valence-electron chi connectivity index (χ2n) is 4.89. The highest BCUT2D eigenvalue weighted by Gasteiger charge is 2.16. The number of nitriles is 1. The Morgan fingerprint density at radius 2 is 2.00 bits per heavy atom. The van der Waals surface area contributed by atoms with E-state index >= 15 is 0 Å². The molecule has 3 heteroatoms. The molecular weight excluding hydrogens is 253 g/mol. The van der Waals surface area contributed by atoms with E-state index in [4.69, 9.17) is 10.00 Å². The normalized spacial score (nSPS) is 12.6. The van der Waals surface area contributed by atoms with E-state index in [-0.39, 0.29) is 5.82 Å². The van der Waals surface area contributed by atoms with Crippen molar-refractivity contribution in [1.82, 2.24) is 0 Å². The van der Waals surface area contributed by atoms with Gasteiger partial charge in [0, 0.05) is 18.4 Å². The van der Waals surface area contributed by atoms with E-state index in [9.17, 15) is 4.39 Å². The van der Waals surface area contributed by atoms with Crippen LogP contribution in [0.4, 0.5) is 4.39 Å². The summed E-state index contributed by atoms with van der Waals surface area (Å²) in [5, 5.41) is 8.65. The molecule has 0 bridgehead atoms. The summed E-state index contributed by atoms with van der Waals surface area (Å²) in [5.41, 5.74) is 4.10. The Morgan fingerprint density at radius 3 is 2.85 bits per heavy atom. The minimum atomic E-state index is -0.210. The van der Waals surface area contributed by atoms with Crippen molar-refractivity contribution in [2.45, 2.75) is 19.3 Å². The maximum absolute atomic E-state index is 13.3. The van der Waals surface area contributed by atoms with Crippen molar-refractivity contribution < 1.29 is 9.13 Å². The molecule has 0 N–H and O–H groups in total. The minimum Gasteiger partial charge on any atom is -0.493 e. The molecule has 0 aromatic heterocycles. The number of ether oxygens (including phenoxy) is 1. The first-order valence-electron chi connectivity index (χ1n) is 6.69. The molecule has 0 atom stereocenters. The molecule has 100 valence electrons. The molecule has 0 saturated carbocycles. The first-order chi connectivity index (χ1) is 9.78. The molecule has 0 saturated heterocycles. The van der Waals surface area contributed by atoms with E-state index in [0.717, 1.165) is 34.4 Å². The number of benzene rings is 2. The lowest BCUT2D eigenvalue weighted by atomic mass is 9.96. The summed E-state index contributed by atoms with van der Waals surface area (Å²) >= 11 is 0. The van der Waals surface area contributed by atoms with Crippen LogP contribution in [0.3, 0.4) is 0 Å². The maximum atomic E-state index is 13.3. The molecule has 2 nitrogen and oxygen atoms in total. The fourth-order valence-corrected chi connectivity index (χ4v) is 2.57. The molecular formula is C17H14FNO. The van der Waals surface area contributed by atoms with Crippen LogP contribution in [0.25, 0.3) is 11.1 Å². The summed E-state index contributed by atoms with van der Waals surface area (Å²) < 4.78 is 19.1. The number of nitrogens with zero attached hydrogens (tertiary/aromatic N) is 1. The maximum Gasteiger partial charge on any atom is 0.127 e. The van der Waals surface area contributed by atoms with E-state index < -0.39 is 0 Å². The molecule has 1 aliphatic rings. The van der Waals surface area contributed by atoms with Gasteiger partial charge in [0.05, 0.1) is 12.7 Å². The highest BCUT2D eigenvalue weighted by Crippen LogP contribution is 2.36. The Morgan fingerprint density at radius 1 is 1.15 bits per heavy atom. The first kappa shape index (κ1) is 12.7. The molecule has 0 unspecified atom stereocenters. The smallest absolute Gasteiger partial charge is 0.127 e. The Bertz CT molecular complexity index is 688. The minimum absolute atomic E-state index is 0.210. The Kier molecular flexibility index (Phi) is 3.39. The highest BCUT2D eigenvalue weighted by atomic mass is 19.1. The lowest BCUT2D eigenvalue weighted by Crippen LogP contribution is -1.99. The molecule has 0 radical (unpaired) electrons. The van der Waals surface area contributed by atoms with Gasteiger partial charge in [0.25, 0.3) is 0 Å². The Hall–Kier alpha value is -2.34. The zero-order valence-corrected chi connectivity index (χ0v) is 11.0. The number of fused-ring (bicyclic) bond motifs is 3. The summed E-state index contributed by atoms with van der Waals surface area (Å²) in [4.78, 5) is 0. The van der Waals surface area contributed by atoms with Crippen molar-refractivity contribution in [3.05, 3.63) is 53.3 Å². The van der Waals surface area contributed by atoms with Gasteiger partial charge >= 0.3 is 0 Å². The van der Waals surface area contributed by atoms with Gasteiger partial charge in [-0.25, -0.2) is 4.39 Å². The molecule has 0 spiro atoms. The predicted molar refractivity (Wildman–Crippen MR) is 75.0 cm³/mol. The van der Waals surface area contributed by atoms with Crippen molar-refractivity contribution in [3.63, 3.8) is 0 Å². The average molecular weight is 267 g/mol. The quantitative estimate of drug-likeness (QED) is 0.827. The largest absolute Gasteiger partial charge is 0.493 e. The standard InChI is InChI=1S/C17H14FNO/c18-14-4-6-15-13(11-14)7-9-20-17-10-12(2-1-8-19)3-5-16(15)17/h3-6,10-11H,1-2,7,9H2. The van der Waals surface area contributed by atoms with Gasteiger partial charge in [0.1, 0.15) is 11.6 Å². The lowest BCUT2D eigenvalue weighted by molar-refractivity contribution is 0.326. The van der Waals surface area contributed by atoms with E-state index in [1.54, 1.807) is 6.07 Å². The third-order valence-corrected chi connectivity index (χ3v) is 3.56. The average Bonchev–Trinajstić information content (AvgIpc) is 2.63. The number of hydrogen-bond acceptors (Lipinski definition) is 2. The van der Waals surface area contributed by atoms with Crippen LogP contribution in [0.2, 0.25) is 0 Å². The molecule has 0 aliphatic carbocycles. The van der Waals surface area contributed by atoms with Gasteiger partial charge in [-0.1, -0.05) is 18.2 Å². The molecule has 0 amide bonds. The number of aryl methyl sites for hydroxylation is 1. The Labute approximate surface area is 117 Å². The lowest BCUT2D eigenvalue weighted by Gasteiger charge is -2.10. The fraction of sp³-hybridized carbons (Fsp3) is 0.235. The van der Waals surface area contributed by atoms with Gasteiger partial charge in [0.15, 0.2) is 0 Å². The van der Waals surface area contributed by atoms with Gasteiger partial charge in [-0.3, -0.25) is 0 Å². The van der Waals surface area contributed by atoms with E-state index in [1.165, 1.54) is 6.07 Å². The summed E-state index contributed by atoms with van der Waals surface area (Å²) in [5.74, 6) is 0.614. The summed E-state index contributed by atoms with van der Waals surface area (Å²) in [6.45, 7) is 0.547. The number of hydrogen-bond donors (Lipinski definition) is 0. The topological polar surface area (TPSA) is 33.0 Å². The molecule has 0 fully saturated rings.